The SMILES string of the molecule is CCCCCCCCCC(C)(Oc1ccccc1C(F)(F)F)Oc1ccccc1C(F)(F)F. The van der Waals surface area contributed by atoms with Gasteiger partial charge in [0.2, 0.25) is 5.79 Å². The molecule has 2 aromatic carbocycles. The van der Waals surface area contributed by atoms with Crippen molar-refractivity contribution in [1.29, 1.82) is 0 Å². The maximum Gasteiger partial charge on any atom is 0.419 e. The molecular formula is C25H30F6O2. The fraction of sp³-hybridized carbons (Fsp3) is 0.520. The zero-order valence-corrected chi connectivity index (χ0v) is 18.9. The van der Waals surface area contributed by atoms with Crippen molar-refractivity contribution in [2.45, 2.75) is 83.4 Å². The van der Waals surface area contributed by atoms with Gasteiger partial charge < -0.3 is 9.47 Å². The number of halogens is 6. The lowest BCUT2D eigenvalue weighted by atomic mass is 10.0. The highest BCUT2D eigenvalue weighted by Crippen LogP contribution is 2.41. The molecular weight excluding hydrogens is 446 g/mol. The topological polar surface area (TPSA) is 18.5 Å². The van der Waals surface area contributed by atoms with E-state index in [4.69, 9.17) is 9.47 Å². The van der Waals surface area contributed by atoms with Crippen LogP contribution >= 0.6 is 0 Å². The molecule has 8 heteroatoms. The molecule has 2 aromatic rings. The first-order valence-corrected chi connectivity index (χ1v) is 11.2. The van der Waals surface area contributed by atoms with Crippen LogP contribution in [0.4, 0.5) is 26.3 Å². The molecule has 0 aliphatic rings. The third-order valence-electron chi connectivity index (χ3n) is 5.27. The fourth-order valence-corrected chi connectivity index (χ4v) is 3.57. The molecule has 33 heavy (non-hydrogen) atoms. The molecule has 2 rings (SSSR count). The van der Waals surface area contributed by atoms with Crippen LogP contribution in [0.3, 0.4) is 0 Å². The Kier molecular flexibility index (Phi) is 9.49. The van der Waals surface area contributed by atoms with Gasteiger partial charge in [0.15, 0.2) is 0 Å². The van der Waals surface area contributed by atoms with E-state index in [2.05, 4.69) is 6.92 Å². The van der Waals surface area contributed by atoms with E-state index >= 15 is 0 Å². The van der Waals surface area contributed by atoms with Crippen molar-refractivity contribution in [3.8, 4) is 11.5 Å². The molecule has 0 bridgehead atoms. The Morgan fingerprint density at radius 3 is 1.42 bits per heavy atom. The highest BCUT2D eigenvalue weighted by atomic mass is 19.4. The molecule has 0 heterocycles. The van der Waals surface area contributed by atoms with Crippen LogP contribution < -0.4 is 9.47 Å². The van der Waals surface area contributed by atoms with Gasteiger partial charge >= 0.3 is 12.4 Å². The smallest absolute Gasteiger partial charge is 0.419 e. The summed E-state index contributed by atoms with van der Waals surface area (Å²) < 4.78 is 92.1. The van der Waals surface area contributed by atoms with Crippen molar-refractivity contribution in [2.75, 3.05) is 0 Å². The van der Waals surface area contributed by atoms with E-state index in [0.29, 0.717) is 6.42 Å². The number of rotatable bonds is 12. The quantitative estimate of drug-likeness (QED) is 0.173. The molecule has 0 atom stereocenters. The van der Waals surface area contributed by atoms with Gasteiger partial charge in [0.25, 0.3) is 0 Å². The lowest BCUT2D eigenvalue weighted by Gasteiger charge is -2.33. The van der Waals surface area contributed by atoms with Gasteiger partial charge in [0.1, 0.15) is 11.5 Å². The largest absolute Gasteiger partial charge is 0.452 e. The standard InChI is InChI=1S/C25H30F6O2/c1-3-4-5-6-7-8-13-18-23(2,32-21-16-11-9-14-19(21)24(26,27)28)33-22-17-12-10-15-20(22)25(29,30)31/h9-12,14-17H,3-8,13,18H2,1-2H3. The first-order chi connectivity index (χ1) is 15.5. The number of para-hydroxylation sites is 2. The number of hydrogen-bond acceptors (Lipinski definition) is 2. The van der Waals surface area contributed by atoms with Crippen molar-refractivity contribution in [3.05, 3.63) is 59.7 Å². The summed E-state index contributed by atoms with van der Waals surface area (Å²) in [5.74, 6) is -2.70. The molecule has 0 unspecified atom stereocenters. The number of benzene rings is 2. The Hall–Kier alpha value is -2.38. The molecule has 0 aliphatic heterocycles. The minimum absolute atomic E-state index is 0.124. The number of alkyl halides is 6. The average Bonchev–Trinajstić information content (AvgIpc) is 2.72. The molecule has 0 aromatic heterocycles. The van der Waals surface area contributed by atoms with Crippen LogP contribution in [0.2, 0.25) is 0 Å². The van der Waals surface area contributed by atoms with Gasteiger partial charge in [-0.1, -0.05) is 69.7 Å². The van der Waals surface area contributed by atoms with Crippen LogP contribution in [0, 0.1) is 0 Å². The van der Waals surface area contributed by atoms with Crippen molar-refractivity contribution in [3.63, 3.8) is 0 Å². The Labute approximate surface area is 190 Å². The maximum absolute atomic E-state index is 13.5. The summed E-state index contributed by atoms with van der Waals surface area (Å²) in [6, 6.07) is 9.23. The highest BCUT2D eigenvalue weighted by molar-refractivity contribution is 5.38. The van der Waals surface area contributed by atoms with E-state index in [1.54, 1.807) is 0 Å². The van der Waals surface area contributed by atoms with Gasteiger partial charge in [-0.25, -0.2) is 0 Å². The summed E-state index contributed by atoms with van der Waals surface area (Å²) in [5, 5.41) is 0. The van der Waals surface area contributed by atoms with E-state index in [1.165, 1.54) is 31.2 Å². The molecule has 2 nitrogen and oxygen atoms in total. The Bertz CT molecular complexity index is 801. The second-order valence-corrected chi connectivity index (χ2v) is 8.20. The summed E-state index contributed by atoms with van der Waals surface area (Å²) in [6.07, 6.45) is -2.64. The second-order valence-electron chi connectivity index (χ2n) is 8.20. The van der Waals surface area contributed by atoms with Crippen molar-refractivity contribution in [2.24, 2.45) is 0 Å². The van der Waals surface area contributed by atoms with E-state index < -0.39 is 40.8 Å². The molecule has 0 spiro atoms. The molecule has 0 fully saturated rings. The lowest BCUT2D eigenvalue weighted by Crippen LogP contribution is -2.40. The van der Waals surface area contributed by atoms with Gasteiger partial charge in [0.05, 0.1) is 11.1 Å². The van der Waals surface area contributed by atoms with Gasteiger partial charge in [-0.2, -0.15) is 26.3 Å². The van der Waals surface area contributed by atoms with E-state index in [0.717, 1.165) is 62.8 Å². The monoisotopic (exact) mass is 476 g/mol. The number of ether oxygens (including phenoxy) is 2. The van der Waals surface area contributed by atoms with Crippen LogP contribution in [-0.2, 0) is 12.4 Å². The molecule has 0 saturated carbocycles. The van der Waals surface area contributed by atoms with Gasteiger partial charge in [-0.3, -0.25) is 0 Å². The molecule has 0 N–H and O–H groups in total. The Morgan fingerprint density at radius 2 is 1.00 bits per heavy atom. The van der Waals surface area contributed by atoms with Gasteiger partial charge in [-0.15, -0.1) is 0 Å². The van der Waals surface area contributed by atoms with Gasteiger partial charge in [-0.05, 0) is 30.7 Å². The molecule has 0 aliphatic carbocycles. The minimum Gasteiger partial charge on any atom is -0.452 e. The summed E-state index contributed by atoms with van der Waals surface area (Å²) in [7, 11) is 0. The average molecular weight is 477 g/mol. The molecule has 184 valence electrons. The van der Waals surface area contributed by atoms with Crippen molar-refractivity contribution < 1.29 is 35.8 Å². The number of unbranched alkanes of at least 4 members (excludes halogenated alkanes) is 6. The first kappa shape index (κ1) is 26.9. The molecule has 0 amide bonds. The summed E-state index contributed by atoms with van der Waals surface area (Å²) >= 11 is 0. The highest BCUT2D eigenvalue weighted by Gasteiger charge is 2.40. The maximum atomic E-state index is 13.5. The van der Waals surface area contributed by atoms with Crippen molar-refractivity contribution >= 4 is 0 Å². The molecule has 0 radical (unpaired) electrons. The van der Waals surface area contributed by atoms with Crippen LogP contribution in [0.1, 0.15) is 76.3 Å². The zero-order chi connectivity index (χ0) is 24.5. The fourth-order valence-electron chi connectivity index (χ4n) is 3.57. The Balaban J connectivity index is 2.26. The summed E-state index contributed by atoms with van der Waals surface area (Å²) in [5.41, 5.74) is -2.02. The predicted octanol–water partition coefficient (Wildman–Crippen LogP) is 9.04. The Morgan fingerprint density at radius 1 is 0.606 bits per heavy atom. The number of hydrogen-bond donors (Lipinski definition) is 0. The summed E-state index contributed by atoms with van der Waals surface area (Å²) in [4.78, 5) is 0. The van der Waals surface area contributed by atoms with Crippen molar-refractivity contribution in [1.82, 2.24) is 0 Å². The molecule has 0 saturated heterocycles. The normalized spacial score (nSPS) is 12.6. The van der Waals surface area contributed by atoms with E-state index in [-0.39, 0.29) is 6.42 Å². The summed E-state index contributed by atoms with van der Waals surface area (Å²) in [6.45, 7) is 3.49. The van der Waals surface area contributed by atoms with Crippen LogP contribution in [-0.4, -0.2) is 5.79 Å². The van der Waals surface area contributed by atoms with E-state index in [9.17, 15) is 26.3 Å². The zero-order valence-electron chi connectivity index (χ0n) is 18.9. The van der Waals surface area contributed by atoms with Crippen LogP contribution in [0.25, 0.3) is 0 Å². The second kappa shape index (κ2) is 11.7. The van der Waals surface area contributed by atoms with Crippen LogP contribution in [0.15, 0.2) is 48.5 Å². The minimum atomic E-state index is -4.68. The van der Waals surface area contributed by atoms with E-state index in [1.807, 2.05) is 0 Å². The van der Waals surface area contributed by atoms with Crippen LogP contribution in [0.5, 0.6) is 11.5 Å². The third kappa shape index (κ3) is 8.48. The predicted molar refractivity (Wildman–Crippen MR) is 115 cm³/mol. The first-order valence-electron chi connectivity index (χ1n) is 11.2. The van der Waals surface area contributed by atoms with Gasteiger partial charge in [0, 0.05) is 13.3 Å². The third-order valence-corrected chi connectivity index (χ3v) is 5.27. The lowest BCUT2D eigenvalue weighted by molar-refractivity contribution is -0.151.